The van der Waals surface area contributed by atoms with Crippen molar-refractivity contribution in [3.63, 3.8) is 0 Å². The van der Waals surface area contributed by atoms with E-state index >= 15 is 26.3 Å². The topological polar surface area (TPSA) is 83.4 Å². The lowest BCUT2D eigenvalue weighted by Crippen LogP contribution is -2.06. The van der Waals surface area contributed by atoms with E-state index in [0.29, 0.717) is 0 Å². The Bertz CT molecular complexity index is 3330. The lowest BCUT2D eigenvalue weighted by Gasteiger charge is -2.11. The van der Waals surface area contributed by atoms with Gasteiger partial charge in [-0.2, -0.15) is 0 Å². The Morgan fingerprint density at radius 1 is 0.312 bits per heavy atom. The molecule has 4 aromatic carbocycles. The normalized spacial score (nSPS) is 12.2. The van der Waals surface area contributed by atoms with Gasteiger partial charge in [0.25, 0.3) is 0 Å². The number of nitrogens with two attached hydrogens (primary N) is 1. The number of aromatic nitrogens is 4. The highest BCUT2D eigenvalue weighted by Gasteiger charge is 2.33. The number of anilines is 1. The van der Waals surface area contributed by atoms with Crippen LogP contribution in [-0.2, 0) is 0 Å². The first-order valence-electron chi connectivity index (χ1n) is 18.0. The summed E-state index contributed by atoms with van der Waals surface area (Å²) in [5.41, 5.74) is -5.62. The average Bonchev–Trinajstić information content (AvgIpc) is 4.13. The number of H-pyrrole nitrogens is 2. The second kappa shape index (κ2) is 15.0. The van der Waals surface area contributed by atoms with Gasteiger partial charge in [0, 0.05) is 50.0 Å². The van der Waals surface area contributed by atoms with E-state index < -0.39 is 154 Å². The van der Waals surface area contributed by atoms with Crippen LogP contribution in [0.25, 0.3) is 90.9 Å². The third-order valence-corrected chi connectivity index (χ3v) is 10.3. The van der Waals surface area contributed by atoms with E-state index in [1.165, 1.54) is 36.4 Å². The van der Waals surface area contributed by atoms with Crippen LogP contribution in [0.1, 0.15) is 22.8 Å². The van der Waals surface area contributed by atoms with Crippen molar-refractivity contribution in [3.05, 3.63) is 159 Å². The third kappa shape index (κ3) is 6.14. The minimum absolute atomic E-state index is 0.00989. The maximum atomic E-state index is 15.8. The first-order chi connectivity index (χ1) is 30.4. The highest BCUT2D eigenvalue weighted by Crippen LogP contribution is 2.43. The fourth-order valence-electron chi connectivity index (χ4n) is 7.47. The van der Waals surface area contributed by atoms with Crippen LogP contribution in [0.4, 0.5) is 71.5 Å². The molecule has 0 fully saturated rings. The zero-order chi connectivity index (χ0) is 45.8. The maximum Gasteiger partial charge on any atom is 0.200 e. The predicted molar refractivity (Wildman–Crippen MR) is 204 cm³/mol. The molecule has 0 unspecified atom stereocenters. The monoisotopic (exact) mass is 899 g/mol. The van der Waals surface area contributed by atoms with Gasteiger partial charge in [-0.25, -0.2) is 75.8 Å². The lowest BCUT2D eigenvalue weighted by molar-refractivity contribution is 0.381. The van der Waals surface area contributed by atoms with Gasteiger partial charge in [-0.3, -0.25) is 0 Å². The molecular weight excluding hydrogens is 883 g/mol. The third-order valence-electron chi connectivity index (χ3n) is 10.3. The molecule has 322 valence electrons. The molecule has 4 N–H and O–H groups in total. The second-order valence-corrected chi connectivity index (χ2v) is 14.0. The molecule has 5 heterocycles. The number of nitrogens with one attached hydrogen (secondary N) is 2. The van der Waals surface area contributed by atoms with Crippen LogP contribution in [0, 0.1) is 87.3 Å². The number of rotatable bonds is 4. The summed E-state index contributed by atoms with van der Waals surface area (Å²) < 4.78 is 227. The molecule has 0 spiro atoms. The van der Waals surface area contributed by atoms with Crippen LogP contribution in [0.15, 0.2) is 48.5 Å². The minimum atomic E-state index is -2.62. The Hall–Kier alpha value is -7.77. The van der Waals surface area contributed by atoms with Crippen molar-refractivity contribution in [3.8, 4) is 44.5 Å². The van der Waals surface area contributed by atoms with Crippen molar-refractivity contribution < 1.29 is 65.9 Å². The number of halogens is 15. The Balaban J connectivity index is 1.57. The van der Waals surface area contributed by atoms with Gasteiger partial charge < -0.3 is 15.7 Å². The van der Waals surface area contributed by atoms with Crippen molar-refractivity contribution in [1.82, 2.24) is 19.9 Å². The summed E-state index contributed by atoms with van der Waals surface area (Å²) in [6.45, 7) is 0. The summed E-state index contributed by atoms with van der Waals surface area (Å²) in [6, 6.07) is 9.77. The number of nitrogens with zero attached hydrogens (tertiary/aromatic N) is 2. The molecule has 5 nitrogen and oxygen atoms in total. The van der Waals surface area contributed by atoms with Gasteiger partial charge >= 0.3 is 0 Å². The predicted octanol–water partition coefficient (Wildman–Crippen LogP) is 13.0. The fourth-order valence-corrected chi connectivity index (χ4v) is 7.47. The van der Waals surface area contributed by atoms with Gasteiger partial charge in [-0.15, -0.1) is 0 Å². The number of fused-ring (bicyclic) bond motifs is 8. The van der Waals surface area contributed by atoms with Gasteiger partial charge in [0.05, 0.1) is 39.5 Å². The maximum absolute atomic E-state index is 15.8. The molecule has 0 saturated heterocycles. The van der Waals surface area contributed by atoms with Crippen LogP contribution < -0.4 is 5.73 Å². The van der Waals surface area contributed by atoms with Crippen molar-refractivity contribution in [1.29, 1.82) is 0 Å². The second-order valence-electron chi connectivity index (χ2n) is 14.0. The molecule has 2 aliphatic heterocycles. The van der Waals surface area contributed by atoms with Crippen LogP contribution in [0.3, 0.4) is 0 Å². The van der Waals surface area contributed by atoms with Crippen molar-refractivity contribution >= 4 is 52.1 Å². The number of hydrogen-bond donors (Lipinski definition) is 3. The number of aromatic amines is 2. The first kappa shape index (κ1) is 41.6. The Morgan fingerprint density at radius 3 is 0.875 bits per heavy atom. The van der Waals surface area contributed by atoms with Crippen LogP contribution >= 0.6 is 0 Å². The Kier molecular flexibility index (Phi) is 9.71. The fraction of sp³-hybridized carbons (Fsp3) is 0. The van der Waals surface area contributed by atoms with Gasteiger partial charge in [-0.05, 0) is 66.3 Å². The number of nitrogen functional groups attached to an aromatic ring is 1. The van der Waals surface area contributed by atoms with Crippen molar-refractivity contribution in [2.24, 2.45) is 0 Å². The van der Waals surface area contributed by atoms with Crippen molar-refractivity contribution in [2.45, 2.75) is 0 Å². The molecular formula is C44H16F15N5. The van der Waals surface area contributed by atoms with Crippen LogP contribution in [-0.4, -0.2) is 19.9 Å². The molecule has 9 rings (SSSR count). The highest BCUT2D eigenvalue weighted by atomic mass is 19.2. The molecule has 0 saturated carbocycles. The smallest absolute Gasteiger partial charge is 0.200 e. The molecule has 0 atom stereocenters. The lowest BCUT2D eigenvalue weighted by atomic mass is 10.0. The van der Waals surface area contributed by atoms with Gasteiger partial charge in [0.2, 0.25) is 17.5 Å². The molecule has 0 aliphatic carbocycles. The van der Waals surface area contributed by atoms with Gasteiger partial charge in [0.15, 0.2) is 69.8 Å². The summed E-state index contributed by atoms with van der Waals surface area (Å²) in [5.74, 6) is -36.8. The minimum Gasteiger partial charge on any atom is -0.399 e. The van der Waals surface area contributed by atoms with E-state index in [4.69, 9.17) is 5.73 Å². The largest absolute Gasteiger partial charge is 0.399 e. The molecule has 2 aliphatic rings. The van der Waals surface area contributed by atoms with E-state index in [1.807, 2.05) is 0 Å². The van der Waals surface area contributed by atoms with Crippen LogP contribution in [0.2, 0.25) is 0 Å². The summed E-state index contributed by atoms with van der Waals surface area (Å²) in [7, 11) is 0. The molecule has 8 bridgehead atoms. The molecule has 0 amide bonds. The van der Waals surface area contributed by atoms with E-state index in [0.717, 1.165) is 36.4 Å². The molecule has 64 heavy (non-hydrogen) atoms. The SMILES string of the molecule is Nc1cccc(-c2c3nc(c(-c4c(F)c(F)c(F)c(F)c4F)c4ccc([nH]4)c(-c4c(F)c(F)c(F)c(F)c4F)c4nc(c(-c5c(F)c(F)c(F)c(F)c5F)c5ccc2[nH]5)C=C4)C=C3)c1. The van der Waals surface area contributed by atoms with Crippen molar-refractivity contribution in [2.75, 3.05) is 5.73 Å². The van der Waals surface area contributed by atoms with E-state index in [9.17, 15) is 39.5 Å². The summed E-state index contributed by atoms with van der Waals surface area (Å²) >= 11 is 0. The molecule has 7 aromatic rings. The zero-order valence-electron chi connectivity index (χ0n) is 31.1. The molecule has 20 heteroatoms. The molecule has 3 aromatic heterocycles. The van der Waals surface area contributed by atoms with Gasteiger partial charge in [0.1, 0.15) is 0 Å². The summed E-state index contributed by atoms with van der Waals surface area (Å²) in [6.07, 6.45) is 3.86. The van der Waals surface area contributed by atoms with E-state index in [2.05, 4.69) is 19.9 Å². The first-order valence-corrected chi connectivity index (χ1v) is 18.0. The quantitative estimate of drug-likeness (QED) is 0.0712. The highest BCUT2D eigenvalue weighted by molar-refractivity contribution is 6.00. The van der Waals surface area contributed by atoms with Crippen LogP contribution in [0.5, 0.6) is 0 Å². The Labute approximate surface area is 346 Å². The summed E-state index contributed by atoms with van der Waals surface area (Å²) in [4.78, 5) is 13.8. The summed E-state index contributed by atoms with van der Waals surface area (Å²) in [5, 5.41) is 0. The standard InChI is InChI=1S/C44H16F15N5/c45-30-27(31(46)37(52)42(57)36(30)51)24-17-6-4-15(61-17)23(13-2-1-3-14(60)12-13)16-5-7-18(62-16)25(28-32(47)38(53)43(58)39(54)33(28)48)20-9-11-22(64-20)26(21-10-8-19(24)63-21)29-34(49)40(55)44(59)41(56)35(29)50/h1-12,61,64H,60H2. The zero-order valence-corrected chi connectivity index (χ0v) is 31.1. The number of hydrogen-bond acceptors (Lipinski definition) is 3. The van der Waals surface area contributed by atoms with E-state index in [-0.39, 0.29) is 28.0 Å². The van der Waals surface area contributed by atoms with E-state index in [1.54, 1.807) is 0 Å². The average molecular weight is 900 g/mol. The molecule has 0 radical (unpaired) electrons. The Morgan fingerprint density at radius 2 is 0.578 bits per heavy atom. The van der Waals surface area contributed by atoms with Gasteiger partial charge in [-0.1, -0.05) is 12.1 Å². The number of benzene rings is 4.